The van der Waals surface area contributed by atoms with Crippen molar-refractivity contribution in [2.24, 2.45) is 0 Å². The van der Waals surface area contributed by atoms with E-state index in [-0.39, 0.29) is 11.7 Å². The van der Waals surface area contributed by atoms with Crippen LogP contribution in [0.2, 0.25) is 0 Å². The van der Waals surface area contributed by atoms with E-state index in [1.807, 2.05) is 17.0 Å². The average molecular weight is 319 g/mol. The number of nitrogens with zero attached hydrogens (tertiary/aromatic N) is 3. The van der Waals surface area contributed by atoms with E-state index in [4.69, 9.17) is 0 Å². The third kappa shape index (κ3) is 3.90. The average Bonchev–Trinajstić information content (AvgIpc) is 3.02. The number of carbonyl (C=O) groups is 1. The van der Waals surface area contributed by atoms with Gasteiger partial charge in [-0.15, -0.1) is 0 Å². The molecule has 0 radical (unpaired) electrons. The van der Waals surface area contributed by atoms with Gasteiger partial charge < -0.3 is 14.7 Å². The van der Waals surface area contributed by atoms with Crippen LogP contribution in [0, 0.1) is 5.82 Å². The highest BCUT2D eigenvalue weighted by atomic mass is 19.1. The van der Waals surface area contributed by atoms with Crippen LogP contribution in [-0.2, 0) is 4.79 Å². The lowest BCUT2D eigenvalue weighted by Crippen LogP contribution is -2.51. The summed E-state index contributed by atoms with van der Waals surface area (Å²) < 4.78 is 13.0. The second-order valence-corrected chi connectivity index (χ2v) is 6.98. The fraction of sp³-hybridized carbons (Fsp3) is 0.611. The van der Waals surface area contributed by atoms with Crippen LogP contribution >= 0.6 is 0 Å². The lowest BCUT2D eigenvalue weighted by molar-refractivity contribution is -0.131. The number of piperazine rings is 1. The van der Waals surface area contributed by atoms with E-state index in [9.17, 15) is 9.18 Å². The Bertz CT molecular complexity index is 548. The standard InChI is InChI=1S/C18H26FN3O/c1-20-9-10-21(2)17(13-20)11-18(23)22-8-7-15(12-22)14-3-5-16(19)6-4-14/h3-6,15,17H,7-13H2,1-2H3/t15-,17-/m0/s1. The minimum atomic E-state index is -0.205. The van der Waals surface area contributed by atoms with Gasteiger partial charge in [0.15, 0.2) is 0 Å². The van der Waals surface area contributed by atoms with E-state index in [0.717, 1.165) is 44.7 Å². The molecule has 0 unspecified atom stereocenters. The molecule has 23 heavy (non-hydrogen) atoms. The highest BCUT2D eigenvalue weighted by Gasteiger charge is 2.31. The Hall–Kier alpha value is -1.46. The second-order valence-electron chi connectivity index (χ2n) is 6.98. The molecule has 0 spiro atoms. The van der Waals surface area contributed by atoms with Gasteiger partial charge in [-0.25, -0.2) is 4.39 Å². The highest BCUT2D eigenvalue weighted by molar-refractivity contribution is 5.77. The molecule has 0 saturated carbocycles. The normalized spacial score (nSPS) is 26.7. The number of likely N-dealkylation sites (tertiary alicyclic amines) is 1. The molecule has 2 heterocycles. The first-order valence-corrected chi connectivity index (χ1v) is 8.45. The van der Waals surface area contributed by atoms with E-state index < -0.39 is 0 Å². The zero-order valence-electron chi connectivity index (χ0n) is 14.0. The van der Waals surface area contributed by atoms with Gasteiger partial charge in [0, 0.05) is 51.1 Å². The fourth-order valence-corrected chi connectivity index (χ4v) is 3.65. The van der Waals surface area contributed by atoms with Crippen LogP contribution in [0.15, 0.2) is 24.3 Å². The SMILES string of the molecule is CN1CCN(C)[C@@H](CC(=O)N2CC[C@H](c3ccc(F)cc3)C2)C1. The van der Waals surface area contributed by atoms with Crippen LogP contribution < -0.4 is 0 Å². The number of hydrogen-bond donors (Lipinski definition) is 0. The maximum atomic E-state index is 13.0. The number of rotatable bonds is 3. The molecule has 2 fully saturated rings. The van der Waals surface area contributed by atoms with Crippen molar-refractivity contribution in [2.75, 3.05) is 46.8 Å². The molecule has 1 aromatic carbocycles. The van der Waals surface area contributed by atoms with E-state index in [2.05, 4.69) is 23.9 Å². The Morgan fingerprint density at radius 1 is 1.13 bits per heavy atom. The number of carbonyl (C=O) groups excluding carboxylic acids is 1. The Balaban J connectivity index is 1.56. The summed E-state index contributed by atoms with van der Waals surface area (Å²) in [6.07, 6.45) is 1.56. The van der Waals surface area contributed by atoms with Crippen LogP contribution in [0.5, 0.6) is 0 Å². The zero-order chi connectivity index (χ0) is 16.4. The van der Waals surface area contributed by atoms with Gasteiger partial charge in [0.2, 0.25) is 5.91 Å². The van der Waals surface area contributed by atoms with E-state index in [1.165, 1.54) is 12.1 Å². The lowest BCUT2D eigenvalue weighted by Gasteiger charge is -2.38. The third-order valence-corrected chi connectivity index (χ3v) is 5.27. The summed E-state index contributed by atoms with van der Waals surface area (Å²) in [6.45, 7) is 4.62. The van der Waals surface area contributed by atoms with Crippen molar-refractivity contribution in [2.45, 2.75) is 24.8 Å². The number of amides is 1. The Kier molecular flexibility index (Phi) is 4.97. The fourth-order valence-electron chi connectivity index (χ4n) is 3.65. The van der Waals surface area contributed by atoms with Crippen molar-refractivity contribution < 1.29 is 9.18 Å². The van der Waals surface area contributed by atoms with Gasteiger partial charge in [0.1, 0.15) is 5.82 Å². The van der Waals surface area contributed by atoms with Crippen LogP contribution in [0.3, 0.4) is 0 Å². The monoisotopic (exact) mass is 319 g/mol. The lowest BCUT2D eigenvalue weighted by atomic mass is 9.98. The smallest absolute Gasteiger partial charge is 0.224 e. The molecule has 0 aromatic heterocycles. The van der Waals surface area contributed by atoms with E-state index in [1.54, 1.807) is 0 Å². The number of halogens is 1. The predicted molar refractivity (Wildman–Crippen MR) is 88.9 cm³/mol. The Morgan fingerprint density at radius 3 is 2.61 bits per heavy atom. The maximum Gasteiger partial charge on any atom is 0.224 e. The first-order chi connectivity index (χ1) is 11.0. The zero-order valence-corrected chi connectivity index (χ0v) is 14.0. The Morgan fingerprint density at radius 2 is 1.87 bits per heavy atom. The minimum Gasteiger partial charge on any atom is -0.342 e. The van der Waals surface area contributed by atoms with Crippen molar-refractivity contribution in [3.8, 4) is 0 Å². The van der Waals surface area contributed by atoms with Gasteiger partial charge >= 0.3 is 0 Å². The van der Waals surface area contributed by atoms with Crippen LogP contribution in [0.4, 0.5) is 4.39 Å². The van der Waals surface area contributed by atoms with Crippen molar-refractivity contribution >= 4 is 5.91 Å². The molecule has 4 nitrogen and oxygen atoms in total. The van der Waals surface area contributed by atoms with Crippen LogP contribution in [0.1, 0.15) is 24.3 Å². The summed E-state index contributed by atoms with van der Waals surface area (Å²) >= 11 is 0. The van der Waals surface area contributed by atoms with Crippen LogP contribution in [0.25, 0.3) is 0 Å². The maximum absolute atomic E-state index is 13.0. The van der Waals surface area contributed by atoms with Crippen molar-refractivity contribution in [3.63, 3.8) is 0 Å². The summed E-state index contributed by atoms with van der Waals surface area (Å²) in [7, 11) is 4.22. The van der Waals surface area contributed by atoms with Gasteiger partial charge in [-0.3, -0.25) is 4.79 Å². The van der Waals surface area contributed by atoms with Gasteiger partial charge in [0.05, 0.1) is 0 Å². The van der Waals surface area contributed by atoms with Gasteiger partial charge in [-0.2, -0.15) is 0 Å². The van der Waals surface area contributed by atoms with E-state index in [0.29, 0.717) is 18.4 Å². The van der Waals surface area contributed by atoms with E-state index >= 15 is 0 Å². The molecule has 5 heteroatoms. The van der Waals surface area contributed by atoms with Crippen molar-refractivity contribution in [1.82, 2.24) is 14.7 Å². The molecular weight excluding hydrogens is 293 g/mol. The summed E-state index contributed by atoms with van der Waals surface area (Å²) in [5.41, 5.74) is 1.14. The molecule has 2 aliphatic rings. The molecule has 2 saturated heterocycles. The molecule has 0 aliphatic carbocycles. The topological polar surface area (TPSA) is 26.8 Å². The predicted octanol–water partition coefficient (Wildman–Crippen LogP) is 1.78. The highest BCUT2D eigenvalue weighted by Crippen LogP contribution is 2.28. The molecule has 126 valence electrons. The molecule has 0 N–H and O–H groups in total. The molecule has 1 aromatic rings. The minimum absolute atomic E-state index is 0.205. The van der Waals surface area contributed by atoms with Crippen molar-refractivity contribution in [3.05, 3.63) is 35.6 Å². The molecule has 2 atom stereocenters. The third-order valence-electron chi connectivity index (χ3n) is 5.27. The summed E-state index contributed by atoms with van der Waals surface area (Å²) in [5.74, 6) is 0.386. The summed E-state index contributed by atoms with van der Waals surface area (Å²) in [5, 5.41) is 0. The largest absolute Gasteiger partial charge is 0.342 e. The molecule has 0 bridgehead atoms. The van der Waals surface area contributed by atoms with Gasteiger partial charge in [-0.1, -0.05) is 12.1 Å². The first kappa shape index (κ1) is 16.4. The number of benzene rings is 1. The van der Waals surface area contributed by atoms with Crippen molar-refractivity contribution in [1.29, 1.82) is 0 Å². The van der Waals surface area contributed by atoms with Crippen LogP contribution in [-0.4, -0.2) is 73.5 Å². The summed E-state index contributed by atoms with van der Waals surface area (Å²) in [6, 6.07) is 7.01. The number of hydrogen-bond acceptors (Lipinski definition) is 3. The summed E-state index contributed by atoms with van der Waals surface area (Å²) in [4.78, 5) is 19.2. The van der Waals surface area contributed by atoms with Gasteiger partial charge in [0.25, 0.3) is 0 Å². The quantitative estimate of drug-likeness (QED) is 0.850. The van der Waals surface area contributed by atoms with Gasteiger partial charge in [-0.05, 0) is 38.2 Å². The second kappa shape index (κ2) is 6.97. The Labute approximate surface area is 137 Å². The first-order valence-electron chi connectivity index (χ1n) is 8.45. The molecule has 3 rings (SSSR count). The molecule has 2 aliphatic heterocycles. The molecule has 1 amide bonds. The molecular formula is C18H26FN3O. The number of likely N-dealkylation sites (N-methyl/N-ethyl adjacent to an activating group) is 2.